The number of amides is 2. The summed E-state index contributed by atoms with van der Waals surface area (Å²) in [5, 5.41) is 6.54. The topological polar surface area (TPSA) is 83.0 Å². The molecule has 4 rings (SSSR count). The second-order valence-corrected chi connectivity index (χ2v) is 8.50. The molecule has 7 nitrogen and oxygen atoms in total. The van der Waals surface area contributed by atoms with Crippen molar-refractivity contribution in [1.29, 1.82) is 0 Å². The molecule has 2 bridgehead atoms. The first-order valence-corrected chi connectivity index (χ1v) is 11.3. The first-order chi connectivity index (χ1) is 15.1. The normalized spacial score (nSPS) is 26.6. The van der Waals surface area contributed by atoms with Crippen molar-refractivity contribution < 1.29 is 14.3 Å². The Labute approximate surface area is 183 Å². The lowest BCUT2D eigenvalue weighted by Crippen LogP contribution is -2.43. The second kappa shape index (κ2) is 9.64. The van der Waals surface area contributed by atoms with Gasteiger partial charge in [-0.1, -0.05) is 43.3 Å². The molecule has 2 fully saturated rings. The second-order valence-electron chi connectivity index (χ2n) is 8.50. The highest BCUT2D eigenvalue weighted by Gasteiger charge is 2.58. The number of fused-ring (bicyclic) bond motifs is 5. The van der Waals surface area contributed by atoms with E-state index in [1.54, 1.807) is 7.05 Å². The average molecular weight is 425 g/mol. The van der Waals surface area contributed by atoms with Gasteiger partial charge >= 0.3 is 0 Å². The van der Waals surface area contributed by atoms with Crippen LogP contribution in [-0.4, -0.2) is 49.4 Å². The van der Waals surface area contributed by atoms with Gasteiger partial charge in [-0.3, -0.25) is 19.5 Å². The monoisotopic (exact) mass is 424 g/mol. The third kappa shape index (κ3) is 4.37. The van der Waals surface area contributed by atoms with Crippen LogP contribution in [0.4, 0.5) is 0 Å². The number of allylic oxidation sites excluding steroid dienone is 2. The summed E-state index contributed by atoms with van der Waals surface area (Å²) >= 11 is 0. The number of hydrogen-bond acceptors (Lipinski definition) is 4. The number of rotatable bonds is 9. The van der Waals surface area contributed by atoms with Gasteiger partial charge in [0, 0.05) is 33.3 Å². The van der Waals surface area contributed by atoms with Gasteiger partial charge in [0.1, 0.15) is 0 Å². The summed E-state index contributed by atoms with van der Waals surface area (Å²) in [6.45, 7) is 4.90. The number of nitrogens with one attached hydrogen (secondary N) is 2. The summed E-state index contributed by atoms with van der Waals surface area (Å²) in [6, 6.07) is 8.18. The number of ether oxygens (including phenoxy) is 1. The fourth-order valence-corrected chi connectivity index (χ4v) is 5.07. The maximum atomic E-state index is 12.8. The van der Waals surface area contributed by atoms with Crippen molar-refractivity contribution in [2.24, 2.45) is 28.7 Å². The maximum absolute atomic E-state index is 12.8. The van der Waals surface area contributed by atoms with E-state index in [0.29, 0.717) is 32.2 Å². The predicted octanol–water partition coefficient (Wildman–Crippen LogP) is 2.09. The molecule has 2 amide bonds. The molecule has 4 unspecified atom stereocenters. The van der Waals surface area contributed by atoms with Crippen LogP contribution in [0.1, 0.15) is 30.9 Å². The predicted molar refractivity (Wildman–Crippen MR) is 119 cm³/mol. The fraction of sp³-hybridized carbons (Fsp3) is 0.542. The standard InChI is InChI=1S/C24H32N4O3/c1-3-12-31-15-19-7-5-4-6-18(19)14-27-24(25-2)26-10-11-28-22(29)20-16-8-9-17(13-16)21(20)23(28)30/h4-9,16-17,20-21H,3,10-15H2,1-2H3,(H2,25,26,27). The van der Waals surface area contributed by atoms with Crippen LogP contribution in [0.15, 0.2) is 41.4 Å². The van der Waals surface area contributed by atoms with E-state index in [4.69, 9.17) is 4.74 Å². The molecule has 7 heteroatoms. The molecule has 1 aromatic carbocycles. The minimum atomic E-state index is -0.133. The summed E-state index contributed by atoms with van der Waals surface area (Å²) in [6.07, 6.45) is 6.20. The van der Waals surface area contributed by atoms with Crippen LogP contribution in [0.2, 0.25) is 0 Å². The summed E-state index contributed by atoms with van der Waals surface area (Å²) in [4.78, 5) is 31.3. The van der Waals surface area contributed by atoms with E-state index in [1.807, 2.05) is 12.1 Å². The summed E-state index contributed by atoms with van der Waals surface area (Å²) in [5.74, 6) is 0.874. The Bertz CT molecular complexity index is 851. The molecular formula is C24H32N4O3. The zero-order chi connectivity index (χ0) is 21.8. The molecule has 1 saturated carbocycles. The van der Waals surface area contributed by atoms with Crippen LogP contribution in [0, 0.1) is 23.7 Å². The van der Waals surface area contributed by atoms with Crippen molar-refractivity contribution in [3.8, 4) is 0 Å². The molecule has 3 aliphatic rings. The Hall–Kier alpha value is -2.67. The Balaban J connectivity index is 1.26. The minimum Gasteiger partial charge on any atom is -0.377 e. The van der Waals surface area contributed by atoms with Crippen molar-refractivity contribution in [1.82, 2.24) is 15.5 Å². The fourth-order valence-electron chi connectivity index (χ4n) is 5.07. The van der Waals surface area contributed by atoms with E-state index < -0.39 is 0 Å². The number of hydrogen-bond donors (Lipinski definition) is 2. The smallest absolute Gasteiger partial charge is 0.233 e. The summed E-state index contributed by atoms with van der Waals surface area (Å²) < 4.78 is 5.69. The van der Waals surface area contributed by atoms with Crippen LogP contribution >= 0.6 is 0 Å². The first-order valence-electron chi connectivity index (χ1n) is 11.3. The molecule has 0 radical (unpaired) electrons. The highest BCUT2D eigenvalue weighted by atomic mass is 16.5. The maximum Gasteiger partial charge on any atom is 0.233 e. The van der Waals surface area contributed by atoms with E-state index in [0.717, 1.165) is 30.6 Å². The lowest BCUT2D eigenvalue weighted by atomic mass is 9.85. The highest BCUT2D eigenvalue weighted by molar-refractivity contribution is 6.06. The summed E-state index contributed by atoms with van der Waals surface area (Å²) in [5.41, 5.74) is 2.31. The van der Waals surface area contributed by atoms with E-state index in [9.17, 15) is 9.59 Å². The van der Waals surface area contributed by atoms with Crippen molar-refractivity contribution >= 4 is 17.8 Å². The van der Waals surface area contributed by atoms with Crippen LogP contribution in [0.25, 0.3) is 0 Å². The number of aliphatic imine (C=N–C) groups is 1. The molecule has 0 aromatic heterocycles. The minimum absolute atomic E-state index is 0.00222. The Kier molecular flexibility index (Phi) is 6.70. The SMILES string of the molecule is CCCOCc1ccccc1CNC(=NC)NCCN1C(=O)C2C3C=CC(C3)C2C1=O. The van der Waals surface area contributed by atoms with Gasteiger partial charge in [-0.15, -0.1) is 0 Å². The Morgan fingerprint density at radius 3 is 2.42 bits per heavy atom. The molecule has 2 aliphatic carbocycles. The number of imide groups is 1. The van der Waals surface area contributed by atoms with Crippen molar-refractivity contribution in [2.75, 3.05) is 26.7 Å². The van der Waals surface area contributed by atoms with Crippen LogP contribution < -0.4 is 10.6 Å². The van der Waals surface area contributed by atoms with Gasteiger partial charge in [-0.25, -0.2) is 0 Å². The molecular weight excluding hydrogens is 392 g/mol. The van der Waals surface area contributed by atoms with Gasteiger partial charge in [0.05, 0.1) is 18.4 Å². The molecule has 1 saturated heterocycles. The number of carbonyl (C=O) groups is 2. The zero-order valence-corrected chi connectivity index (χ0v) is 18.3. The molecule has 0 spiro atoms. The van der Waals surface area contributed by atoms with Gasteiger partial charge in [-0.2, -0.15) is 0 Å². The van der Waals surface area contributed by atoms with Gasteiger partial charge in [0.25, 0.3) is 0 Å². The third-order valence-corrected chi connectivity index (χ3v) is 6.58. The number of guanidine groups is 1. The van der Waals surface area contributed by atoms with Crippen LogP contribution in [0.3, 0.4) is 0 Å². The largest absolute Gasteiger partial charge is 0.377 e. The third-order valence-electron chi connectivity index (χ3n) is 6.58. The summed E-state index contributed by atoms with van der Waals surface area (Å²) in [7, 11) is 1.71. The van der Waals surface area contributed by atoms with Crippen LogP contribution in [0.5, 0.6) is 0 Å². The van der Waals surface area contributed by atoms with Crippen molar-refractivity contribution in [3.05, 3.63) is 47.5 Å². The Morgan fingerprint density at radius 2 is 1.77 bits per heavy atom. The van der Waals surface area contributed by atoms with Crippen LogP contribution in [-0.2, 0) is 27.5 Å². The van der Waals surface area contributed by atoms with Gasteiger partial charge in [-0.05, 0) is 35.8 Å². The lowest BCUT2D eigenvalue weighted by molar-refractivity contribution is -0.140. The van der Waals surface area contributed by atoms with E-state index in [2.05, 4.69) is 46.8 Å². The highest BCUT2D eigenvalue weighted by Crippen LogP contribution is 2.52. The van der Waals surface area contributed by atoms with E-state index >= 15 is 0 Å². The van der Waals surface area contributed by atoms with Gasteiger partial charge in [0.15, 0.2) is 5.96 Å². The molecule has 166 valence electrons. The molecule has 31 heavy (non-hydrogen) atoms. The number of nitrogens with zero attached hydrogens (tertiary/aromatic N) is 2. The molecule has 1 aliphatic heterocycles. The first kappa shape index (κ1) is 21.6. The average Bonchev–Trinajstić information content (AvgIpc) is 3.46. The quantitative estimate of drug-likeness (QED) is 0.209. The lowest BCUT2D eigenvalue weighted by Gasteiger charge is -2.19. The molecule has 1 aromatic rings. The number of carbonyl (C=O) groups excluding carboxylic acids is 2. The van der Waals surface area contributed by atoms with Gasteiger partial charge < -0.3 is 15.4 Å². The van der Waals surface area contributed by atoms with Crippen molar-refractivity contribution in [2.45, 2.75) is 32.9 Å². The molecule has 4 atom stereocenters. The van der Waals surface area contributed by atoms with E-state index in [-0.39, 0.29) is 35.5 Å². The van der Waals surface area contributed by atoms with Crippen molar-refractivity contribution in [3.63, 3.8) is 0 Å². The molecule has 1 heterocycles. The van der Waals surface area contributed by atoms with E-state index in [1.165, 1.54) is 4.90 Å². The molecule has 2 N–H and O–H groups in total. The van der Waals surface area contributed by atoms with Gasteiger partial charge in [0.2, 0.25) is 11.8 Å². The number of benzene rings is 1. The number of likely N-dealkylation sites (tertiary alicyclic amines) is 1. The Morgan fingerprint density at radius 1 is 1.10 bits per heavy atom. The zero-order valence-electron chi connectivity index (χ0n) is 18.3.